The molecule has 0 bridgehead atoms. The van der Waals surface area contributed by atoms with E-state index >= 15 is 0 Å². The van der Waals surface area contributed by atoms with E-state index in [-0.39, 0.29) is 12.0 Å². The number of nitrogens with one attached hydrogen (secondary N) is 1. The number of thiazole rings is 1. The van der Waals surface area contributed by atoms with E-state index in [4.69, 9.17) is 11.6 Å². The summed E-state index contributed by atoms with van der Waals surface area (Å²) in [7, 11) is 0. The molecule has 0 radical (unpaired) electrons. The minimum Gasteiger partial charge on any atom is -0.480 e. The molecule has 3 atom stereocenters. The second-order valence-corrected chi connectivity index (χ2v) is 6.17. The number of halogens is 1. The van der Waals surface area contributed by atoms with Crippen molar-refractivity contribution in [2.75, 3.05) is 0 Å². The Morgan fingerprint density at radius 2 is 2.25 bits per heavy atom. The first-order valence-electron chi connectivity index (χ1n) is 6.01. The van der Waals surface area contributed by atoms with Crippen LogP contribution in [0.5, 0.6) is 0 Å². The Balaban J connectivity index is 1.94. The van der Waals surface area contributed by atoms with Crippen LogP contribution >= 0.6 is 22.9 Å². The molecule has 1 fully saturated rings. The molecule has 0 aliphatic carbocycles. The zero-order chi connectivity index (χ0) is 14.1. The summed E-state index contributed by atoms with van der Waals surface area (Å²) in [4.78, 5) is 24.5. The standard InChI is InChI=1S/C12H11ClN4O2S/c13-12-16-5-9(20-12)10-6(3-7(17-10)11(18)19)8-4-14-1-2-15-8/h1-2,4-7,10,17H,3H2,(H,18,19). The highest BCUT2D eigenvalue weighted by Gasteiger charge is 2.40. The van der Waals surface area contributed by atoms with Crippen LogP contribution in [-0.2, 0) is 4.79 Å². The van der Waals surface area contributed by atoms with Gasteiger partial charge in [-0.25, -0.2) is 4.98 Å². The van der Waals surface area contributed by atoms with Crippen molar-refractivity contribution in [3.8, 4) is 0 Å². The summed E-state index contributed by atoms with van der Waals surface area (Å²) in [5, 5.41) is 12.3. The minimum atomic E-state index is -0.864. The fourth-order valence-corrected chi connectivity index (χ4v) is 3.53. The number of hydrogen-bond donors (Lipinski definition) is 2. The summed E-state index contributed by atoms with van der Waals surface area (Å²) in [5.41, 5.74) is 0.776. The molecule has 2 aromatic heterocycles. The fourth-order valence-electron chi connectivity index (χ4n) is 2.45. The number of aliphatic carboxylic acids is 1. The zero-order valence-electron chi connectivity index (χ0n) is 10.2. The summed E-state index contributed by atoms with van der Waals surface area (Å²) in [6, 6.07) is -0.759. The molecule has 104 valence electrons. The normalized spacial score (nSPS) is 25.8. The molecule has 0 amide bonds. The topological polar surface area (TPSA) is 88.0 Å². The van der Waals surface area contributed by atoms with Gasteiger partial charge >= 0.3 is 5.97 Å². The number of aromatic nitrogens is 3. The second-order valence-electron chi connectivity index (χ2n) is 4.52. The van der Waals surface area contributed by atoms with Crippen LogP contribution in [0.4, 0.5) is 0 Å². The van der Waals surface area contributed by atoms with Crippen LogP contribution in [0.2, 0.25) is 4.47 Å². The van der Waals surface area contributed by atoms with Gasteiger partial charge in [-0.05, 0) is 6.42 Å². The van der Waals surface area contributed by atoms with E-state index in [0.29, 0.717) is 10.9 Å². The Morgan fingerprint density at radius 1 is 1.40 bits per heavy atom. The van der Waals surface area contributed by atoms with Crippen LogP contribution in [0.1, 0.15) is 29.0 Å². The van der Waals surface area contributed by atoms with Crippen molar-refractivity contribution in [3.63, 3.8) is 0 Å². The molecular formula is C12H11ClN4O2S. The van der Waals surface area contributed by atoms with Crippen LogP contribution in [0, 0.1) is 0 Å². The van der Waals surface area contributed by atoms with Crippen molar-refractivity contribution < 1.29 is 9.90 Å². The molecule has 0 aromatic carbocycles. The van der Waals surface area contributed by atoms with Crippen LogP contribution in [0.15, 0.2) is 24.8 Å². The molecule has 3 unspecified atom stereocenters. The molecule has 0 saturated carbocycles. The Labute approximate surface area is 123 Å². The van der Waals surface area contributed by atoms with Gasteiger partial charge in [-0.2, -0.15) is 0 Å². The first-order chi connectivity index (χ1) is 9.65. The third kappa shape index (κ3) is 2.52. The summed E-state index contributed by atoms with van der Waals surface area (Å²) < 4.78 is 0.443. The van der Waals surface area contributed by atoms with Gasteiger partial charge in [0.25, 0.3) is 0 Å². The molecule has 2 aromatic rings. The van der Waals surface area contributed by atoms with E-state index in [1.165, 1.54) is 11.3 Å². The van der Waals surface area contributed by atoms with Gasteiger partial charge in [0.05, 0.1) is 11.7 Å². The second kappa shape index (κ2) is 5.43. The molecule has 1 aliphatic rings. The van der Waals surface area contributed by atoms with Gasteiger partial charge in [0.15, 0.2) is 4.47 Å². The third-order valence-electron chi connectivity index (χ3n) is 3.34. The monoisotopic (exact) mass is 310 g/mol. The lowest BCUT2D eigenvalue weighted by Crippen LogP contribution is -2.31. The fraction of sp³-hybridized carbons (Fsp3) is 0.333. The third-order valence-corrected chi connectivity index (χ3v) is 4.53. The van der Waals surface area contributed by atoms with Gasteiger partial charge in [-0.1, -0.05) is 11.6 Å². The van der Waals surface area contributed by atoms with Crippen molar-refractivity contribution in [2.45, 2.75) is 24.4 Å². The number of rotatable bonds is 3. The van der Waals surface area contributed by atoms with E-state index in [2.05, 4.69) is 20.3 Å². The van der Waals surface area contributed by atoms with Crippen molar-refractivity contribution in [3.05, 3.63) is 39.8 Å². The highest BCUT2D eigenvalue weighted by Crippen LogP contribution is 2.41. The lowest BCUT2D eigenvalue weighted by atomic mass is 9.95. The Hall–Kier alpha value is -1.57. The predicted octanol–water partition coefficient (Wildman–Crippen LogP) is 1.86. The van der Waals surface area contributed by atoms with E-state index in [9.17, 15) is 9.90 Å². The maximum Gasteiger partial charge on any atom is 0.320 e. The molecule has 3 heterocycles. The largest absolute Gasteiger partial charge is 0.480 e. The van der Waals surface area contributed by atoms with Gasteiger partial charge in [-0.3, -0.25) is 20.1 Å². The lowest BCUT2D eigenvalue weighted by molar-refractivity contribution is -0.139. The smallest absolute Gasteiger partial charge is 0.320 e. The molecule has 6 nitrogen and oxygen atoms in total. The van der Waals surface area contributed by atoms with E-state index < -0.39 is 12.0 Å². The zero-order valence-corrected chi connectivity index (χ0v) is 11.8. The molecule has 0 spiro atoms. The highest BCUT2D eigenvalue weighted by atomic mass is 35.5. The Bertz CT molecular complexity index is 621. The van der Waals surface area contributed by atoms with Crippen molar-refractivity contribution in [1.29, 1.82) is 0 Å². The SMILES string of the molecule is O=C(O)C1CC(c2cnccn2)C(c2cnc(Cl)s2)N1. The first-order valence-corrected chi connectivity index (χ1v) is 7.20. The number of hydrogen-bond acceptors (Lipinski definition) is 6. The minimum absolute atomic E-state index is 0.0543. The van der Waals surface area contributed by atoms with E-state index in [1.54, 1.807) is 24.8 Å². The average molecular weight is 311 g/mol. The molecule has 2 N–H and O–H groups in total. The van der Waals surface area contributed by atoms with Gasteiger partial charge in [0.1, 0.15) is 6.04 Å². The maximum atomic E-state index is 11.2. The number of carboxylic acids is 1. The lowest BCUT2D eigenvalue weighted by Gasteiger charge is -2.16. The van der Waals surface area contributed by atoms with Gasteiger partial charge in [0, 0.05) is 35.6 Å². The summed E-state index contributed by atoms with van der Waals surface area (Å²) in [5.74, 6) is -0.918. The van der Waals surface area contributed by atoms with Crippen molar-refractivity contribution >= 4 is 28.9 Å². The van der Waals surface area contributed by atoms with Crippen molar-refractivity contribution in [2.24, 2.45) is 0 Å². The number of carbonyl (C=O) groups is 1. The van der Waals surface area contributed by atoms with Gasteiger partial charge in [-0.15, -0.1) is 11.3 Å². The Morgan fingerprint density at radius 3 is 2.85 bits per heavy atom. The molecule has 1 saturated heterocycles. The Kier molecular flexibility index (Phi) is 3.64. The summed E-state index contributed by atoms with van der Waals surface area (Å²) in [6.45, 7) is 0. The average Bonchev–Trinajstić information content (AvgIpc) is 3.05. The molecule has 1 aliphatic heterocycles. The summed E-state index contributed by atoms with van der Waals surface area (Å²) >= 11 is 7.21. The first kappa shape index (κ1) is 13.4. The van der Waals surface area contributed by atoms with Crippen LogP contribution in [0.25, 0.3) is 0 Å². The number of carboxylic acid groups (broad SMARTS) is 1. The molecule has 3 rings (SSSR count). The molecular weight excluding hydrogens is 300 g/mol. The molecule has 8 heteroatoms. The van der Waals surface area contributed by atoms with Gasteiger partial charge in [0.2, 0.25) is 0 Å². The summed E-state index contributed by atoms with van der Waals surface area (Å²) in [6.07, 6.45) is 7.03. The van der Waals surface area contributed by atoms with E-state index in [1.807, 2.05) is 0 Å². The quantitative estimate of drug-likeness (QED) is 0.899. The van der Waals surface area contributed by atoms with Crippen LogP contribution in [-0.4, -0.2) is 32.1 Å². The maximum absolute atomic E-state index is 11.2. The number of nitrogens with zero attached hydrogens (tertiary/aromatic N) is 3. The highest BCUT2D eigenvalue weighted by molar-refractivity contribution is 7.15. The predicted molar refractivity (Wildman–Crippen MR) is 73.8 cm³/mol. The van der Waals surface area contributed by atoms with Crippen LogP contribution < -0.4 is 5.32 Å². The van der Waals surface area contributed by atoms with E-state index in [0.717, 1.165) is 10.6 Å². The molecule has 20 heavy (non-hydrogen) atoms. The van der Waals surface area contributed by atoms with Crippen molar-refractivity contribution in [1.82, 2.24) is 20.3 Å². The van der Waals surface area contributed by atoms with Gasteiger partial charge < -0.3 is 5.11 Å². The van der Waals surface area contributed by atoms with Crippen LogP contribution in [0.3, 0.4) is 0 Å².